The van der Waals surface area contributed by atoms with Crippen molar-refractivity contribution >= 4 is 11.8 Å². The van der Waals surface area contributed by atoms with Gasteiger partial charge in [-0.25, -0.2) is 8.78 Å². The van der Waals surface area contributed by atoms with Gasteiger partial charge in [-0.1, -0.05) is 12.1 Å². The summed E-state index contributed by atoms with van der Waals surface area (Å²) >= 11 is 0. The molecule has 0 saturated carbocycles. The molecule has 2 aromatic rings. The highest BCUT2D eigenvalue weighted by molar-refractivity contribution is 5.96. The van der Waals surface area contributed by atoms with E-state index in [1.807, 2.05) is 12.1 Å². The molecule has 0 spiro atoms. The van der Waals surface area contributed by atoms with Crippen molar-refractivity contribution in [3.63, 3.8) is 0 Å². The minimum Gasteiger partial charge on any atom is -0.343 e. The van der Waals surface area contributed by atoms with Crippen LogP contribution in [0.5, 0.6) is 0 Å². The zero-order valence-corrected chi connectivity index (χ0v) is 15.2. The molecule has 0 bridgehead atoms. The number of alkyl halides is 2. The van der Waals surface area contributed by atoms with Crippen LogP contribution < -0.4 is 5.32 Å². The van der Waals surface area contributed by atoms with Crippen molar-refractivity contribution in [3.05, 3.63) is 53.3 Å². The van der Waals surface area contributed by atoms with Gasteiger partial charge in [0.05, 0.1) is 49.1 Å². The smallest absolute Gasteiger partial charge is 0.268 e. The van der Waals surface area contributed by atoms with E-state index in [-0.39, 0.29) is 5.56 Å². The number of nitrogens with zero attached hydrogens (tertiary/aromatic N) is 5. The molecule has 1 fully saturated rings. The number of hydrogen-bond acceptors (Lipinski definition) is 5. The van der Waals surface area contributed by atoms with Crippen molar-refractivity contribution in [2.75, 3.05) is 13.1 Å². The lowest BCUT2D eigenvalue weighted by atomic mass is 10.1. The van der Waals surface area contributed by atoms with Crippen LogP contribution in [-0.4, -0.2) is 51.5 Å². The van der Waals surface area contributed by atoms with Gasteiger partial charge < -0.3 is 10.2 Å². The van der Waals surface area contributed by atoms with Crippen LogP contribution in [-0.2, 0) is 11.3 Å². The van der Waals surface area contributed by atoms with Gasteiger partial charge in [-0.15, -0.1) is 0 Å². The molecule has 1 aliphatic rings. The normalized spacial score (nSPS) is 17.4. The highest BCUT2D eigenvalue weighted by Gasteiger charge is 2.47. The number of nitrogens with one attached hydrogen (secondary N) is 1. The Morgan fingerprint density at radius 3 is 2.86 bits per heavy atom. The summed E-state index contributed by atoms with van der Waals surface area (Å²) in [6.45, 7) is -0.990. The Morgan fingerprint density at radius 2 is 2.14 bits per heavy atom. The molecular formula is C19H16F2N6O2. The minimum atomic E-state index is -3.11. The van der Waals surface area contributed by atoms with E-state index in [4.69, 9.17) is 10.5 Å². The molecule has 0 radical (unpaired) electrons. The number of nitriles is 2. The number of carbonyl (C=O) groups excluding carboxylic acids is 2. The maximum atomic E-state index is 13.4. The Labute approximate surface area is 164 Å². The molecule has 10 heteroatoms. The van der Waals surface area contributed by atoms with Gasteiger partial charge >= 0.3 is 0 Å². The van der Waals surface area contributed by atoms with Gasteiger partial charge in [-0.3, -0.25) is 14.3 Å². The SMILES string of the molecule is N#Cc1cccc(Cn2cc(C(=O)NCC(=O)N3CC(F)(F)C[C@H]3C#N)cn2)c1. The Bertz CT molecular complexity index is 1020. The zero-order chi connectivity index (χ0) is 21.0. The molecule has 1 aromatic carbocycles. The first-order valence-corrected chi connectivity index (χ1v) is 8.68. The predicted octanol–water partition coefficient (Wildman–Crippen LogP) is 1.29. The number of amides is 2. The summed E-state index contributed by atoms with van der Waals surface area (Å²) in [5.41, 5.74) is 1.53. The van der Waals surface area contributed by atoms with Crippen LogP contribution >= 0.6 is 0 Å². The van der Waals surface area contributed by atoms with Crippen molar-refractivity contribution in [3.8, 4) is 12.1 Å². The van der Waals surface area contributed by atoms with Gasteiger partial charge in [0.15, 0.2) is 0 Å². The van der Waals surface area contributed by atoms with E-state index in [1.165, 1.54) is 17.1 Å². The average molecular weight is 398 g/mol. The summed E-state index contributed by atoms with van der Waals surface area (Å²) < 4.78 is 28.3. The number of hydrogen-bond donors (Lipinski definition) is 1. The van der Waals surface area contributed by atoms with Crippen LogP contribution in [0.15, 0.2) is 36.7 Å². The largest absolute Gasteiger partial charge is 0.343 e. The first-order chi connectivity index (χ1) is 13.8. The quantitative estimate of drug-likeness (QED) is 0.815. The second-order valence-electron chi connectivity index (χ2n) is 6.65. The lowest BCUT2D eigenvalue weighted by Gasteiger charge is -2.19. The Kier molecular flexibility index (Phi) is 5.55. The highest BCUT2D eigenvalue weighted by atomic mass is 19.3. The van der Waals surface area contributed by atoms with Gasteiger partial charge in [0.1, 0.15) is 6.04 Å². The third-order valence-corrected chi connectivity index (χ3v) is 4.44. The van der Waals surface area contributed by atoms with E-state index < -0.39 is 43.3 Å². The zero-order valence-electron chi connectivity index (χ0n) is 15.2. The fourth-order valence-corrected chi connectivity index (χ4v) is 3.05. The van der Waals surface area contributed by atoms with E-state index >= 15 is 0 Å². The van der Waals surface area contributed by atoms with Crippen LogP contribution in [0.1, 0.15) is 27.9 Å². The third-order valence-electron chi connectivity index (χ3n) is 4.44. The number of benzene rings is 1. The summed E-state index contributed by atoms with van der Waals surface area (Å²) in [6, 6.07) is 9.46. The van der Waals surface area contributed by atoms with Crippen LogP contribution in [0.2, 0.25) is 0 Å². The van der Waals surface area contributed by atoms with Crippen molar-refractivity contribution in [2.24, 2.45) is 0 Å². The molecule has 0 unspecified atom stereocenters. The number of rotatable bonds is 5. The molecule has 3 rings (SSSR count). The minimum absolute atomic E-state index is 0.192. The Hall–Kier alpha value is -3.79. The van der Waals surface area contributed by atoms with Gasteiger partial charge in [-0.05, 0) is 17.7 Å². The fraction of sp³-hybridized carbons (Fsp3) is 0.316. The van der Waals surface area contributed by atoms with Crippen molar-refractivity contribution in [2.45, 2.75) is 24.9 Å². The molecule has 1 aromatic heterocycles. The monoisotopic (exact) mass is 398 g/mol. The molecule has 8 nitrogen and oxygen atoms in total. The van der Waals surface area contributed by atoms with E-state index in [0.29, 0.717) is 12.1 Å². The molecule has 1 aliphatic heterocycles. The van der Waals surface area contributed by atoms with Gasteiger partial charge in [0.2, 0.25) is 5.91 Å². The van der Waals surface area contributed by atoms with Crippen molar-refractivity contribution in [1.82, 2.24) is 20.0 Å². The molecule has 2 heterocycles. The van der Waals surface area contributed by atoms with Crippen molar-refractivity contribution in [1.29, 1.82) is 10.5 Å². The fourth-order valence-electron chi connectivity index (χ4n) is 3.05. The molecule has 0 aliphatic carbocycles. The van der Waals surface area contributed by atoms with Crippen molar-refractivity contribution < 1.29 is 18.4 Å². The topological polar surface area (TPSA) is 115 Å². The standard InChI is InChI=1S/C19H16F2N6O2/c20-19(21)5-16(7-23)27(12-19)17(28)9-24-18(29)15-8-25-26(11-15)10-14-3-1-2-13(4-14)6-22/h1-4,8,11,16H,5,9-10,12H2,(H,24,29)/t16-/m0/s1. The molecular weight excluding hydrogens is 382 g/mol. The summed E-state index contributed by atoms with van der Waals surface area (Å²) in [7, 11) is 0. The number of carbonyl (C=O) groups is 2. The number of likely N-dealkylation sites (tertiary alicyclic amines) is 1. The second-order valence-corrected chi connectivity index (χ2v) is 6.65. The Balaban J connectivity index is 1.57. The van der Waals surface area contributed by atoms with Crippen LogP contribution in [0.4, 0.5) is 8.78 Å². The summed E-state index contributed by atoms with van der Waals surface area (Å²) in [5, 5.41) is 24.3. The average Bonchev–Trinajstić information content (AvgIpc) is 3.29. The molecule has 1 N–H and O–H groups in total. The molecule has 1 atom stereocenters. The van der Waals surface area contributed by atoms with E-state index in [0.717, 1.165) is 10.5 Å². The lowest BCUT2D eigenvalue weighted by molar-refractivity contribution is -0.131. The van der Waals surface area contributed by atoms with Gasteiger partial charge in [0, 0.05) is 12.6 Å². The van der Waals surface area contributed by atoms with Crippen LogP contribution in [0, 0.1) is 22.7 Å². The van der Waals surface area contributed by atoms with Gasteiger partial charge in [-0.2, -0.15) is 15.6 Å². The maximum Gasteiger partial charge on any atom is 0.268 e. The molecule has 148 valence electrons. The van der Waals surface area contributed by atoms with E-state index in [2.05, 4.69) is 10.4 Å². The molecule has 2 amide bonds. The van der Waals surface area contributed by atoms with E-state index in [9.17, 15) is 18.4 Å². The maximum absolute atomic E-state index is 13.4. The highest BCUT2D eigenvalue weighted by Crippen LogP contribution is 2.31. The van der Waals surface area contributed by atoms with E-state index in [1.54, 1.807) is 24.3 Å². The molecule has 1 saturated heterocycles. The lowest BCUT2D eigenvalue weighted by Crippen LogP contribution is -2.42. The second kappa shape index (κ2) is 8.07. The number of aromatic nitrogens is 2. The molecule has 29 heavy (non-hydrogen) atoms. The summed E-state index contributed by atoms with van der Waals surface area (Å²) in [5.74, 6) is -4.44. The first kappa shape index (κ1) is 20.0. The van der Waals surface area contributed by atoms with Crippen LogP contribution in [0.3, 0.4) is 0 Å². The number of halogens is 2. The van der Waals surface area contributed by atoms with Gasteiger partial charge in [0.25, 0.3) is 11.8 Å². The summed E-state index contributed by atoms with van der Waals surface area (Å²) in [4.78, 5) is 25.1. The summed E-state index contributed by atoms with van der Waals surface area (Å²) in [6.07, 6.45) is 2.08. The van der Waals surface area contributed by atoms with Crippen LogP contribution in [0.25, 0.3) is 0 Å². The first-order valence-electron chi connectivity index (χ1n) is 8.68. The Morgan fingerprint density at radius 1 is 1.34 bits per heavy atom. The predicted molar refractivity (Wildman–Crippen MR) is 95.5 cm³/mol. The third kappa shape index (κ3) is 4.74.